The minimum absolute atomic E-state index is 0.00693. The van der Waals surface area contributed by atoms with Crippen LogP contribution in [0, 0.1) is 6.92 Å². The van der Waals surface area contributed by atoms with Gasteiger partial charge in [0.1, 0.15) is 5.82 Å². The van der Waals surface area contributed by atoms with Gasteiger partial charge in [-0.2, -0.15) is 0 Å². The maximum absolute atomic E-state index is 11.9. The molecular formula is C16H26N4O2. The first-order valence-corrected chi connectivity index (χ1v) is 7.90. The molecule has 1 fully saturated rings. The summed E-state index contributed by atoms with van der Waals surface area (Å²) in [6.07, 6.45) is 3.30. The molecule has 1 aromatic rings. The second-order valence-corrected chi connectivity index (χ2v) is 6.04. The van der Waals surface area contributed by atoms with Crippen molar-refractivity contribution in [3.8, 4) is 0 Å². The van der Waals surface area contributed by atoms with E-state index in [1.54, 1.807) is 11.9 Å². The first kappa shape index (κ1) is 16.8. The average molecular weight is 306 g/mol. The number of aryl methyl sites for hydroxylation is 2. The molecule has 122 valence electrons. The highest BCUT2D eigenvalue weighted by Crippen LogP contribution is 2.28. The molecule has 0 aliphatic carbocycles. The van der Waals surface area contributed by atoms with Crippen molar-refractivity contribution in [2.24, 2.45) is 0 Å². The zero-order valence-electron chi connectivity index (χ0n) is 13.7. The van der Waals surface area contributed by atoms with E-state index in [1.807, 2.05) is 13.0 Å². The molecule has 22 heavy (non-hydrogen) atoms. The Balaban J connectivity index is 2.02. The Morgan fingerprint density at radius 2 is 2.27 bits per heavy atom. The Morgan fingerprint density at radius 1 is 1.50 bits per heavy atom. The van der Waals surface area contributed by atoms with E-state index in [-0.39, 0.29) is 12.5 Å². The van der Waals surface area contributed by atoms with Crippen LogP contribution in [0.4, 0.5) is 0 Å². The molecule has 0 unspecified atom stereocenters. The number of hydrogen-bond acceptors (Lipinski definition) is 5. The third-order valence-electron chi connectivity index (χ3n) is 4.20. The number of likely N-dealkylation sites (tertiary alicyclic amines) is 1. The van der Waals surface area contributed by atoms with E-state index in [9.17, 15) is 4.79 Å². The van der Waals surface area contributed by atoms with Crippen LogP contribution in [-0.2, 0) is 11.2 Å². The van der Waals surface area contributed by atoms with Gasteiger partial charge in [0, 0.05) is 31.4 Å². The largest absolute Gasteiger partial charge is 0.395 e. The monoisotopic (exact) mass is 306 g/mol. The van der Waals surface area contributed by atoms with Crippen LogP contribution >= 0.6 is 0 Å². The van der Waals surface area contributed by atoms with Crippen LogP contribution in [0.2, 0.25) is 0 Å². The van der Waals surface area contributed by atoms with Crippen molar-refractivity contribution in [3.05, 3.63) is 23.3 Å². The summed E-state index contributed by atoms with van der Waals surface area (Å²) in [7, 11) is 3.82. The summed E-state index contributed by atoms with van der Waals surface area (Å²) in [4.78, 5) is 25.0. The van der Waals surface area contributed by atoms with Gasteiger partial charge in [0.2, 0.25) is 5.91 Å². The van der Waals surface area contributed by atoms with Gasteiger partial charge in [0.25, 0.3) is 0 Å². The Morgan fingerprint density at radius 3 is 2.91 bits per heavy atom. The van der Waals surface area contributed by atoms with E-state index in [0.29, 0.717) is 25.4 Å². The Labute approximate surface area is 132 Å². The number of aliphatic hydroxyl groups excluding tert-OH is 1. The Kier molecular flexibility index (Phi) is 5.85. The summed E-state index contributed by atoms with van der Waals surface area (Å²) in [6.45, 7) is 3.43. The van der Waals surface area contributed by atoms with Crippen LogP contribution in [0.5, 0.6) is 0 Å². The molecule has 0 aromatic carbocycles. The summed E-state index contributed by atoms with van der Waals surface area (Å²) in [5.74, 6) is 0.913. The topological polar surface area (TPSA) is 69.6 Å². The molecule has 6 nitrogen and oxygen atoms in total. The summed E-state index contributed by atoms with van der Waals surface area (Å²) in [5, 5.41) is 8.87. The first-order chi connectivity index (χ1) is 10.5. The molecule has 6 heteroatoms. The fraction of sp³-hybridized carbons (Fsp3) is 0.688. The molecule has 1 N–H and O–H groups in total. The molecular weight excluding hydrogens is 280 g/mol. The second kappa shape index (κ2) is 7.65. The van der Waals surface area contributed by atoms with E-state index in [0.717, 1.165) is 30.2 Å². The number of aliphatic hydroxyl groups is 1. The van der Waals surface area contributed by atoms with Crippen LogP contribution in [0.1, 0.15) is 42.5 Å². The molecule has 0 saturated carbocycles. The van der Waals surface area contributed by atoms with Crippen LogP contribution in [0.3, 0.4) is 0 Å². The van der Waals surface area contributed by atoms with Gasteiger partial charge in [0.05, 0.1) is 12.6 Å². The third kappa shape index (κ3) is 4.24. The van der Waals surface area contributed by atoms with E-state index >= 15 is 0 Å². The fourth-order valence-electron chi connectivity index (χ4n) is 2.87. The Bertz CT molecular complexity index is 521. The van der Waals surface area contributed by atoms with Gasteiger partial charge in [-0.25, -0.2) is 9.97 Å². The van der Waals surface area contributed by atoms with Crippen LogP contribution in [-0.4, -0.2) is 64.6 Å². The molecule has 1 aliphatic rings. The summed E-state index contributed by atoms with van der Waals surface area (Å²) >= 11 is 0. The predicted octanol–water partition coefficient (Wildman–Crippen LogP) is 0.935. The summed E-state index contributed by atoms with van der Waals surface area (Å²) in [6, 6.07) is 2.25. The normalized spacial score (nSPS) is 18.6. The van der Waals surface area contributed by atoms with Crippen LogP contribution in [0.15, 0.2) is 6.07 Å². The lowest BCUT2D eigenvalue weighted by Gasteiger charge is -2.19. The van der Waals surface area contributed by atoms with Gasteiger partial charge < -0.3 is 10.0 Å². The number of rotatable bonds is 6. The van der Waals surface area contributed by atoms with Crippen molar-refractivity contribution in [1.82, 2.24) is 19.8 Å². The molecule has 1 saturated heterocycles. The van der Waals surface area contributed by atoms with Crippen LogP contribution < -0.4 is 0 Å². The van der Waals surface area contributed by atoms with Crippen molar-refractivity contribution in [2.75, 3.05) is 33.8 Å². The molecule has 2 rings (SSSR count). The van der Waals surface area contributed by atoms with Gasteiger partial charge in [0.15, 0.2) is 0 Å². The highest BCUT2D eigenvalue weighted by Gasteiger charge is 2.25. The molecule has 0 bridgehead atoms. The SMILES string of the molecule is Cc1cc(CCC(=O)N(C)CCO)nc([C@H]2CCCN2C)n1. The number of likely N-dealkylation sites (N-methyl/N-ethyl adjacent to an activating group) is 1. The lowest BCUT2D eigenvalue weighted by molar-refractivity contribution is -0.130. The summed E-state index contributed by atoms with van der Waals surface area (Å²) < 4.78 is 0. The highest BCUT2D eigenvalue weighted by molar-refractivity contribution is 5.76. The number of hydrogen-bond donors (Lipinski definition) is 1. The average Bonchev–Trinajstić information content (AvgIpc) is 2.90. The smallest absolute Gasteiger partial charge is 0.222 e. The maximum atomic E-state index is 11.9. The van der Waals surface area contributed by atoms with Crippen molar-refractivity contribution in [3.63, 3.8) is 0 Å². The van der Waals surface area contributed by atoms with Gasteiger partial charge >= 0.3 is 0 Å². The quantitative estimate of drug-likeness (QED) is 0.847. The first-order valence-electron chi connectivity index (χ1n) is 7.90. The van der Waals surface area contributed by atoms with E-state index in [2.05, 4.69) is 21.9 Å². The van der Waals surface area contributed by atoms with Crippen LogP contribution in [0.25, 0.3) is 0 Å². The third-order valence-corrected chi connectivity index (χ3v) is 4.20. The van der Waals surface area contributed by atoms with Gasteiger partial charge in [-0.15, -0.1) is 0 Å². The van der Waals surface area contributed by atoms with E-state index < -0.39 is 0 Å². The maximum Gasteiger partial charge on any atom is 0.222 e. The summed E-state index contributed by atoms with van der Waals surface area (Å²) in [5.41, 5.74) is 1.88. The second-order valence-electron chi connectivity index (χ2n) is 6.04. The van der Waals surface area contributed by atoms with Crippen molar-refractivity contribution < 1.29 is 9.90 Å². The fourth-order valence-corrected chi connectivity index (χ4v) is 2.87. The standard InChI is InChI=1S/C16H26N4O2/c1-12-11-13(6-7-15(22)20(3)9-10-21)18-16(17-12)14-5-4-8-19(14)2/h11,14,21H,4-10H2,1-3H3/t14-/m1/s1. The molecule has 0 radical (unpaired) electrons. The lowest BCUT2D eigenvalue weighted by atomic mass is 10.1. The number of nitrogens with zero attached hydrogens (tertiary/aromatic N) is 4. The Hall–Kier alpha value is -1.53. The number of carbonyl (C=O) groups is 1. The lowest BCUT2D eigenvalue weighted by Crippen LogP contribution is -2.29. The number of carbonyl (C=O) groups excluding carboxylic acids is 1. The van der Waals surface area contributed by atoms with E-state index in [4.69, 9.17) is 5.11 Å². The van der Waals surface area contributed by atoms with Gasteiger partial charge in [-0.1, -0.05) is 0 Å². The van der Waals surface area contributed by atoms with Crippen molar-refractivity contribution in [1.29, 1.82) is 0 Å². The highest BCUT2D eigenvalue weighted by atomic mass is 16.3. The molecule has 1 aromatic heterocycles. The molecule has 2 heterocycles. The van der Waals surface area contributed by atoms with Gasteiger partial charge in [-0.05, 0) is 45.8 Å². The molecule has 1 aliphatic heterocycles. The minimum atomic E-state index is -0.00693. The predicted molar refractivity (Wildman–Crippen MR) is 84.4 cm³/mol. The van der Waals surface area contributed by atoms with E-state index in [1.165, 1.54) is 6.42 Å². The molecule has 1 amide bonds. The van der Waals surface area contributed by atoms with Crippen molar-refractivity contribution >= 4 is 5.91 Å². The number of amides is 1. The zero-order valence-corrected chi connectivity index (χ0v) is 13.7. The molecule has 1 atom stereocenters. The van der Waals surface area contributed by atoms with Crippen molar-refractivity contribution in [2.45, 2.75) is 38.6 Å². The number of aromatic nitrogens is 2. The van der Waals surface area contributed by atoms with Gasteiger partial charge in [-0.3, -0.25) is 9.69 Å². The molecule has 0 spiro atoms. The zero-order chi connectivity index (χ0) is 16.1. The minimum Gasteiger partial charge on any atom is -0.395 e.